The van der Waals surface area contributed by atoms with Crippen molar-refractivity contribution in [2.75, 3.05) is 24.3 Å². The number of hydrogen-bond donors (Lipinski definition) is 2. The maximum Gasteiger partial charge on any atom is 0.338 e. The molecule has 3 N–H and O–H groups in total. The molecular weight excluding hydrogens is 268 g/mol. The average Bonchev–Trinajstić information content (AvgIpc) is 2.40. The van der Waals surface area contributed by atoms with E-state index >= 15 is 0 Å². The molecule has 0 spiro atoms. The minimum absolute atomic E-state index is 0.116. The monoisotopic (exact) mass is 292 g/mol. The maximum absolute atomic E-state index is 11.7. The summed E-state index contributed by atoms with van der Waals surface area (Å²) in [6, 6.07) is 5.56. The Balaban J connectivity index is 2.06. The Labute approximate surface area is 125 Å². The van der Waals surface area contributed by atoms with E-state index in [0.717, 1.165) is 25.1 Å². The number of benzene rings is 1. The van der Waals surface area contributed by atoms with Crippen molar-refractivity contribution in [3.63, 3.8) is 0 Å². The molecule has 0 aromatic heterocycles. The summed E-state index contributed by atoms with van der Waals surface area (Å²) in [5.74, 6) is -0.344. The third kappa shape index (κ3) is 4.11. The highest BCUT2D eigenvalue weighted by molar-refractivity contribution is 5.91. The molecule has 0 amide bonds. The first kappa shape index (κ1) is 15.6. The summed E-state index contributed by atoms with van der Waals surface area (Å²) in [5, 5.41) is 3.45. The van der Waals surface area contributed by atoms with Crippen LogP contribution in [0.1, 0.15) is 44.0 Å². The van der Waals surface area contributed by atoms with Crippen LogP contribution in [0.15, 0.2) is 18.2 Å². The minimum atomic E-state index is -0.344. The second-order valence-electron chi connectivity index (χ2n) is 5.96. The molecule has 1 heterocycles. The molecule has 5 heteroatoms. The van der Waals surface area contributed by atoms with E-state index in [1.807, 2.05) is 6.07 Å². The van der Waals surface area contributed by atoms with Gasteiger partial charge in [-0.3, -0.25) is 0 Å². The van der Waals surface area contributed by atoms with Crippen LogP contribution >= 0.6 is 0 Å². The summed E-state index contributed by atoms with van der Waals surface area (Å²) in [4.78, 5) is 11.7. The van der Waals surface area contributed by atoms with Crippen LogP contribution in [0.3, 0.4) is 0 Å². The van der Waals surface area contributed by atoms with Gasteiger partial charge >= 0.3 is 5.97 Å². The molecule has 1 unspecified atom stereocenters. The van der Waals surface area contributed by atoms with Gasteiger partial charge in [-0.1, -0.05) is 0 Å². The van der Waals surface area contributed by atoms with Crippen molar-refractivity contribution in [3.05, 3.63) is 23.8 Å². The van der Waals surface area contributed by atoms with Crippen LogP contribution in [0.4, 0.5) is 11.4 Å². The normalized spacial score (nSPS) is 20.8. The molecule has 2 rings (SSSR count). The Kier molecular flexibility index (Phi) is 4.73. The Morgan fingerprint density at radius 1 is 1.52 bits per heavy atom. The lowest BCUT2D eigenvalue weighted by Crippen LogP contribution is -2.40. The van der Waals surface area contributed by atoms with Gasteiger partial charge in [-0.15, -0.1) is 0 Å². The van der Waals surface area contributed by atoms with Crippen molar-refractivity contribution >= 4 is 17.3 Å². The number of ether oxygens (including phenoxy) is 2. The number of esters is 1. The van der Waals surface area contributed by atoms with Gasteiger partial charge in [0.15, 0.2) is 0 Å². The summed E-state index contributed by atoms with van der Waals surface area (Å²) in [6.07, 6.45) is 1.87. The Bertz CT molecular complexity index is 514. The number of nitrogens with one attached hydrogen (secondary N) is 1. The number of carbonyl (C=O) groups is 1. The molecule has 1 aliphatic rings. The fourth-order valence-corrected chi connectivity index (χ4v) is 2.61. The molecule has 1 aromatic carbocycles. The van der Waals surface area contributed by atoms with Crippen LogP contribution in [0.25, 0.3) is 0 Å². The average molecular weight is 292 g/mol. The second-order valence-corrected chi connectivity index (χ2v) is 5.96. The molecule has 0 bridgehead atoms. The van der Waals surface area contributed by atoms with E-state index in [9.17, 15) is 4.79 Å². The van der Waals surface area contributed by atoms with Gasteiger partial charge in [0.25, 0.3) is 0 Å². The standard InChI is InChI=1S/C16H24N2O3/c1-4-20-15(19)11-5-6-14(13(17)9-11)18-12-7-8-21-16(2,3)10-12/h5-6,9,12,18H,4,7-8,10,17H2,1-3H3. The summed E-state index contributed by atoms with van der Waals surface area (Å²) in [6.45, 7) is 7.06. The molecule has 5 nitrogen and oxygen atoms in total. The van der Waals surface area contributed by atoms with Gasteiger partial charge in [0.05, 0.1) is 29.1 Å². The van der Waals surface area contributed by atoms with Crippen LogP contribution in [-0.4, -0.2) is 30.8 Å². The van der Waals surface area contributed by atoms with Gasteiger partial charge in [-0.25, -0.2) is 4.79 Å². The molecule has 0 saturated carbocycles. The lowest BCUT2D eigenvalue weighted by Gasteiger charge is -2.36. The molecule has 21 heavy (non-hydrogen) atoms. The van der Waals surface area contributed by atoms with Crippen molar-refractivity contribution in [2.45, 2.75) is 45.3 Å². The zero-order chi connectivity index (χ0) is 15.5. The predicted octanol–water partition coefficient (Wildman–Crippen LogP) is 2.82. The molecule has 116 valence electrons. The highest BCUT2D eigenvalue weighted by atomic mass is 16.5. The number of rotatable bonds is 4. The zero-order valence-corrected chi connectivity index (χ0v) is 12.9. The summed E-state index contributed by atoms with van der Waals surface area (Å²) in [5.41, 5.74) is 7.81. The molecule has 1 saturated heterocycles. The predicted molar refractivity (Wildman–Crippen MR) is 83.5 cm³/mol. The minimum Gasteiger partial charge on any atom is -0.462 e. The van der Waals surface area contributed by atoms with E-state index < -0.39 is 0 Å². The highest BCUT2D eigenvalue weighted by Gasteiger charge is 2.29. The fourth-order valence-electron chi connectivity index (χ4n) is 2.61. The van der Waals surface area contributed by atoms with Crippen molar-refractivity contribution in [1.82, 2.24) is 0 Å². The second kappa shape index (κ2) is 6.35. The maximum atomic E-state index is 11.7. The smallest absolute Gasteiger partial charge is 0.338 e. The van der Waals surface area contributed by atoms with E-state index in [1.165, 1.54) is 0 Å². The van der Waals surface area contributed by atoms with Crippen molar-refractivity contribution in [2.24, 2.45) is 0 Å². The van der Waals surface area contributed by atoms with Gasteiger partial charge in [0, 0.05) is 12.6 Å². The number of anilines is 2. The Morgan fingerprint density at radius 3 is 2.90 bits per heavy atom. The van der Waals surface area contributed by atoms with Crippen molar-refractivity contribution in [1.29, 1.82) is 0 Å². The number of nitrogens with two attached hydrogens (primary N) is 1. The first-order chi connectivity index (χ1) is 9.91. The van der Waals surface area contributed by atoms with E-state index in [1.54, 1.807) is 19.1 Å². The van der Waals surface area contributed by atoms with Gasteiger partial charge < -0.3 is 20.5 Å². The van der Waals surface area contributed by atoms with Gasteiger partial charge in [0.1, 0.15) is 0 Å². The molecule has 1 atom stereocenters. The van der Waals surface area contributed by atoms with E-state index in [-0.39, 0.29) is 11.6 Å². The quantitative estimate of drug-likeness (QED) is 0.659. The van der Waals surface area contributed by atoms with Crippen LogP contribution in [-0.2, 0) is 9.47 Å². The highest BCUT2D eigenvalue weighted by Crippen LogP contribution is 2.28. The van der Waals surface area contributed by atoms with Crippen LogP contribution in [0, 0.1) is 0 Å². The summed E-state index contributed by atoms with van der Waals surface area (Å²) >= 11 is 0. The molecule has 1 aromatic rings. The van der Waals surface area contributed by atoms with Crippen LogP contribution in [0.5, 0.6) is 0 Å². The van der Waals surface area contributed by atoms with E-state index in [0.29, 0.717) is 23.9 Å². The summed E-state index contributed by atoms with van der Waals surface area (Å²) < 4.78 is 10.7. The zero-order valence-electron chi connectivity index (χ0n) is 12.9. The van der Waals surface area contributed by atoms with Gasteiger partial charge in [-0.2, -0.15) is 0 Å². The lowest BCUT2D eigenvalue weighted by atomic mass is 9.93. The fraction of sp³-hybridized carbons (Fsp3) is 0.562. The Hall–Kier alpha value is -1.75. The number of nitrogen functional groups attached to an aromatic ring is 1. The largest absolute Gasteiger partial charge is 0.462 e. The molecule has 0 aliphatic carbocycles. The van der Waals surface area contributed by atoms with Crippen molar-refractivity contribution in [3.8, 4) is 0 Å². The van der Waals surface area contributed by atoms with Crippen LogP contribution < -0.4 is 11.1 Å². The third-order valence-electron chi connectivity index (χ3n) is 3.62. The Morgan fingerprint density at radius 2 is 2.29 bits per heavy atom. The SMILES string of the molecule is CCOC(=O)c1ccc(NC2CCOC(C)(C)C2)c(N)c1. The first-order valence-corrected chi connectivity index (χ1v) is 7.38. The van der Waals surface area contributed by atoms with E-state index in [4.69, 9.17) is 15.2 Å². The van der Waals surface area contributed by atoms with Gasteiger partial charge in [0.2, 0.25) is 0 Å². The van der Waals surface area contributed by atoms with Crippen molar-refractivity contribution < 1.29 is 14.3 Å². The molecule has 0 radical (unpaired) electrons. The molecular formula is C16H24N2O3. The number of hydrogen-bond acceptors (Lipinski definition) is 5. The lowest BCUT2D eigenvalue weighted by molar-refractivity contribution is -0.0553. The summed E-state index contributed by atoms with van der Waals surface area (Å²) in [7, 11) is 0. The molecule has 1 fully saturated rings. The van der Waals surface area contributed by atoms with Gasteiger partial charge in [-0.05, 0) is 51.8 Å². The number of carbonyl (C=O) groups excluding carboxylic acids is 1. The van der Waals surface area contributed by atoms with E-state index in [2.05, 4.69) is 19.2 Å². The molecule has 1 aliphatic heterocycles. The third-order valence-corrected chi connectivity index (χ3v) is 3.62. The first-order valence-electron chi connectivity index (χ1n) is 7.38. The van der Waals surface area contributed by atoms with Crippen LogP contribution in [0.2, 0.25) is 0 Å². The topological polar surface area (TPSA) is 73.6 Å².